The molecule has 1 aromatic rings. The molecule has 0 radical (unpaired) electrons. The predicted molar refractivity (Wildman–Crippen MR) is 76.3 cm³/mol. The van der Waals surface area contributed by atoms with Crippen molar-refractivity contribution in [3.8, 4) is 0 Å². The zero-order chi connectivity index (χ0) is 13.1. The Labute approximate surface area is 118 Å². The summed E-state index contributed by atoms with van der Waals surface area (Å²) in [6, 6.07) is 0.451. The van der Waals surface area contributed by atoms with E-state index < -0.39 is 0 Å². The van der Waals surface area contributed by atoms with Crippen LogP contribution in [0, 0.1) is 0 Å². The van der Waals surface area contributed by atoms with Crippen LogP contribution >= 0.6 is 11.8 Å². The van der Waals surface area contributed by atoms with Gasteiger partial charge >= 0.3 is 0 Å². The van der Waals surface area contributed by atoms with Crippen molar-refractivity contribution in [1.82, 2.24) is 15.0 Å². The van der Waals surface area contributed by atoms with Gasteiger partial charge in [0, 0.05) is 18.6 Å². The van der Waals surface area contributed by atoms with Gasteiger partial charge in [-0.1, -0.05) is 5.21 Å². The second kappa shape index (κ2) is 5.81. The Bertz CT molecular complexity index is 417. The van der Waals surface area contributed by atoms with Crippen molar-refractivity contribution in [2.45, 2.75) is 43.7 Å². The number of aromatic nitrogens is 3. The molecule has 5 nitrogen and oxygen atoms in total. The lowest BCUT2D eigenvalue weighted by Gasteiger charge is -2.37. The number of nitrogens with two attached hydrogens (primary N) is 1. The van der Waals surface area contributed by atoms with Gasteiger partial charge in [-0.15, -0.1) is 5.10 Å². The summed E-state index contributed by atoms with van der Waals surface area (Å²) >= 11 is 2.01. The molecule has 0 aliphatic carbocycles. The summed E-state index contributed by atoms with van der Waals surface area (Å²) in [6.45, 7) is 1.56. The third-order valence-corrected chi connectivity index (χ3v) is 5.33. The molecule has 2 fully saturated rings. The van der Waals surface area contributed by atoms with Crippen LogP contribution in [0.1, 0.15) is 37.4 Å². The monoisotopic (exact) mass is 282 g/mol. The van der Waals surface area contributed by atoms with Gasteiger partial charge in [-0.25, -0.2) is 4.68 Å². The third-order valence-electron chi connectivity index (χ3n) is 4.10. The number of ether oxygens (including phenoxy) is 1. The largest absolute Gasteiger partial charge is 0.374 e. The van der Waals surface area contributed by atoms with Gasteiger partial charge < -0.3 is 10.5 Å². The second-order valence-electron chi connectivity index (χ2n) is 5.56. The van der Waals surface area contributed by atoms with Crippen molar-refractivity contribution in [2.24, 2.45) is 5.73 Å². The van der Waals surface area contributed by atoms with Gasteiger partial charge in [-0.05, 0) is 44.4 Å². The van der Waals surface area contributed by atoms with Gasteiger partial charge in [0.1, 0.15) is 0 Å². The van der Waals surface area contributed by atoms with Gasteiger partial charge in [0.05, 0.1) is 17.3 Å². The lowest BCUT2D eigenvalue weighted by Crippen LogP contribution is -2.40. The quantitative estimate of drug-likeness (QED) is 0.904. The maximum Gasteiger partial charge on any atom is 0.0827 e. The van der Waals surface area contributed by atoms with Gasteiger partial charge in [-0.3, -0.25) is 0 Å². The van der Waals surface area contributed by atoms with E-state index >= 15 is 0 Å². The highest BCUT2D eigenvalue weighted by molar-refractivity contribution is 7.99. The standard InChI is InChI=1S/C13H22N4OS/c14-5-1-2-11-9-17(16-15-11)12-3-6-18-13(8-12)4-7-19-10-13/h9,12H,1-8,10,14H2. The fraction of sp³-hybridized carbons (Fsp3) is 0.846. The Kier molecular flexibility index (Phi) is 4.10. The highest BCUT2D eigenvalue weighted by Gasteiger charge is 2.41. The van der Waals surface area contributed by atoms with Crippen LogP contribution in [0.4, 0.5) is 0 Å². The molecule has 3 heterocycles. The Hall–Kier alpha value is -0.590. The first kappa shape index (κ1) is 13.4. The van der Waals surface area contributed by atoms with Crippen molar-refractivity contribution in [3.63, 3.8) is 0 Å². The smallest absolute Gasteiger partial charge is 0.0827 e. The molecule has 6 heteroatoms. The number of thioether (sulfide) groups is 1. The molecule has 0 saturated carbocycles. The van der Waals surface area contributed by atoms with Gasteiger partial charge in [0.2, 0.25) is 0 Å². The van der Waals surface area contributed by atoms with Crippen LogP contribution < -0.4 is 5.73 Å². The van der Waals surface area contributed by atoms with E-state index in [1.54, 1.807) is 0 Å². The molecule has 2 unspecified atom stereocenters. The topological polar surface area (TPSA) is 66.0 Å². The minimum Gasteiger partial charge on any atom is -0.374 e. The number of hydrogen-bond acceptors (Lipinski definition) is 5. The summed E-state index contributed by atoms with van der Waals surface area (Å²) in [5, 5.41) is 8.57. The lowest BCUT2D eigenvalue weighted by molar-refractivity contribution is -0.0780. The molecule has 0 amide bonds. The molecular weight excluding hydrogens is 260 g/mol. The lowest BCUT2D eigenvalue weighted by atomic mass is 9.90. The van der Waals surface area contributed by atoms with E-state index in [4.69, 9.17) is 10.5 Å². The summed E-state index contributed by atoms with van der Waals surface area (Å²) in [5.41, 5.74) is 6.70. The Morgan fingerprint density at radius 3 is 3.32 bits per heavy atom. The van der Waals surface area contributed by atoms with E-state index in [0.717, 1.165) is 43.7 Å². The predicted octanol–water partition coefficient (Wildman–Crippen LogP) is 1.40. The number of aryl methyl sites for hydroxylation is 1. The fourth-order valence-corrected chi connectivity index (χ4v) is 4.36. The van der Waals surface area contributed by atoms with E-state index in [2.05, 4.69) is 21.2 Å². The zero-order valence-corrected chi connectivity index (χ0v) is 12.1. The summed E-state index contributed by atoms with van der Waals surface area (Å²) in [7, 11) is 0. The third kappa shape index (κ3) is 2.95. The SMILES string of the molecule is NCCCc1cn(C2CCOC3(CCSC3)C2)nn1. The van der Waals surface area contributed by atoms with Gasteiger partial charge in [0.15, 0.2) is 0 Å². The summed E-state index contributed by atoms with van der Waals surface area (Å²) < 4.78 is 8.11. The first-order valence-corrected chi connectivity index (χ1v) is 8.29. The Balaban J connectivity index is 1.66. The van der Waals surface area contributed by atoms with E-state index in [9.17, 15) is 0 Å². The van der Waals surface area contributed by atoms with Crippen molar-refractivity contribution in [2.75, 3.05) is 24.7 Å². The minimum absolute atomic E-state index is 0.108. The van der Waals surface area contributed by atoms with Crippen LogP contribution in [0.15, 0.2) is 6.20 Å². The molecule has 2 aliphatic heterocycles. The molecule has 1 aromatic heterocycles. The van der Waals surface area contributed by atoms with Crippen LogP contribution in [0.3, 0.4) is 0 Å². The molecule has 106 valence electrons. The molecule has 0 aromatic carbocycles. The Morgan fingerprint density at radius 2 is 2.53 bits per heavy atom. The van der Waals surface area contributed by atoms with E-state index in [0.29, 0.717) is 12.6 Å². The average molecular weight is 282 g/mol. The first-order chi connectivity index (χ1) is 9.31. The molecule has 3 rings (SSSR count). The Morgan fingerprint density at radius 1 is 1.58 bits per heavy atom. The number of rotatable bonds is 4. The molecule has 2 N–H and O–H groups in total. The number of hydrogen-bond donors (Lipinski definition) is 1. The van der Waals surface area contributed by atoms with E-state index in [1.165, 1.54) is 12.2 Å². The molecule has 19 heavy (non-hydrogen) atoms. The molecule has 1 spiro atoms. The van der Waals surface area contributed by atoms with Crippen molar-refractivity contribution in [1.29, 1.82) is 0 Å². The van der Waals surface area contributed by atoms with Gasteiger partial charge in [-0.2, -0.15) is 11.8 Å². The minimum atomic E-state index is 0.108. The molecule has 0 bridgehead atoms. The molecule has 2 saturated heterocycles. The highest BCUT2D eigenvalue weighted by Crippen LogP contribution is 2.41. The maximum absolute atomic E-state index is 6.05. The summed E-state index contributed by atoms with van der Waals surface area (Å²) in [5.74, 6) is 2.37. The van der Waals surface area contributed by atoms with Crippen LogP contribution in [0.5, 0.6) is 0 Å². The molecular formula is C13H22N4OS. The van der Waals surface area contributed by atoms with Crippen LogP contribution in [-0.2, 0) is 11.2 Å². The number of nitrogens with zero attached hydrogens (tertiary/aromatic N) is 3. The van der Waals surface area contributed by atoms with E-state index in [1.807, 2.05) is 11.8 Å². The fourth-order valence-electron chi connectivity index (χ4n) is 2.98. The molecule has 2 atom stereocenters. The van der Waals surface area contributed by atoms with Crippen molar-refractivity contribution < 1.29 is 4.74 Å². The van der Waals surface area contributed by atoms with Crippen LogP contribution in [0.2, 0.25) is 0 Å². The normalized spacial score (nSPS) is 31.1. The average Bonchev–Trinajstić information content (AvgIpc) is 3.06. The second-order valence-corrected chi connectivity index (χ2v) is 6.67. The van der Waals surface area contributed by atoms with E-state index in [-0.39, 0.29) is 5.60 Å². The maximum atomic E-state index is 6.05. The van der Waals surface area contributed by atoms with Crippen molar-refractivity contribution >= 4 is 11.8 Å². The van der Waals surface area contributed by atoms with Crippen molar-refractivity contribution in [3.05, 3.63) is 11.9 Å². The summed E-state index contributed by atoms with van der Waals surface area (Å²) in [4.78, 5) is 0. The van der Waals surface area contributed by atoms with Crippen LogP contribution in [-0.4, -0.2) is 45.3 Å². The molecule has 2 aliphatic rings. The zero-order valence-electron chi connectivity index (χ0n) is 11.3. The first-order valence-electron chi connectivity index (χ1n) is 7.14. The van der Waals surface area contributed by atoms with Crippen LogP contribution in [0.25, 0.3) is 0 Å². The summed E-state index contributed by atoms with van der Waals surface area (Å²) in [6.07, 6.45) is 7.32. The highest BCUT2D eigenvalue weighted by atomic mass is 32.2. The van der Waals surface area contributed by atoms with Gasteiger partial charge in [0.25, 0.3) is 0 Å².